The quantitative estimate of drug-likeness (QED) is 0.826. The van der Waals surface area contributed by atoms with Crippen molar-refractivity contribution in [2.75, 3.05) is 31.6 Å². The van der Waals surface area contributed by atoms with Crippen LogP contribution in [0.25, 0.3) is 0 Å². The fraction of sp³-hybridized carbons (Fsp3) is 0.500. The number of halogens is 1. The summed E-state index contributed by atoms with van der Waals surface area (Å²) in [6, 6.07) is 5.52. The van der Waals surface area contributed by atoms with E-state index in [1.807, 2.05) is 6.07 Å². The number of rotatable bonds is 2. The number of anilines is 1. The van der Waals surface area contributed by atoms with Gasteiger partial charge in [0.25, 0.3) is 0 Å². The maximum absolute atomic E-state index is 13.6. The van der Waals surface area contributed by atoms with Gasteiger partial charge in [-0.15, -0.1) is 0 Å². The van der Waals surface area contributed by atoms with Crippen LogP contribution in [0.5, 0.6) is 5.75 Å². The number of nitrogens with one attached hydrogen (secondary N) is 1. The number of piperazine rings is 1. The van der Waals surface area contributed by atoms with Gasteiger partial charge in [0.2, 0.25) is 0 Å². The molecule has 0 aliphatic carbocycles. The Morgan fingerprint density at radius 2 is 2.31 bits per heavy atom. The molecule has 0 aromatic heterocycles. The summed E-state index contributed by atoms with van der Waals surface area (Å²) < 4.78 is 18.5. The molecule has 1 fully saturated rings. The lowest BCUT2D eigenvalue weighted by Gasteiger charge is -2.36. The van der Waals surface area contributed by atoms with Crippen molar-refractivity contribution < 1.29 is 9.13 Å². The van der Waals surface area contributed by atoms with Crippen molar-refractivity contribution in [3.63, 3.8) is 0 Å². The summed E-state index contributed by atoms with van der Waals surface area (Å²) in [6.07, 6.45) is 0. The minimum Gasteiger partial charge on any atom is -0.494 e. The number of methoxy groups -OCH3 is 1. The van der Waals surface area contributed by atoms with Gasteiger partial charge in [-0.05, 0) is 19.1 Å². The van der Waals surface area contributed by atoms with Crippen LogP contribution < -0.4 is 15.0 Å². The van der Waals surface area contributed by atoms with Crippen molar-refractivity contribution in [1.82, 2.24) is 5.32 Å². The van der Waals surface area contributed by atoms with Gasteiger partial charge in [-0.3, -0.25) is 0 Å². The predicted octanol–water partition coefficient (Wildman–Crippen LogP) is 1.63. The summed E-state index contributed by atoms with van der Waals surface area (Å²) in [7, 11) is 1.48. The van der Waals surface area contributed by atoms with Gasteiger partial charge in [0, 0.05) is 37.4 Å². The van der Waals surface area contributed by atoms with Gasteiger partial charge in [0.15, 0.2) is 11.6 Å². The summed E-state index contributed by atoms with van der Waals surface area (Å²) >= 11 is 0. The van der Waals surface area contributed by atoms with Crippen molar-refractivity contribution in [3.8, 4) is 5.75 Å². The zero-order valence-corrected chi connectivity index (χ0v) is 9.66. The molecule has 1 heterocycles. The van der Waals surface area contributed by atoms with E-state index in [0.717, 1.165) is 25.3 Å². The van der Waals surface area contributed by atoms with Crippen molar-refractivity contribution in [3.05, 3.63) is 24.0 Å². The average Bonchev–Trinajstić information content (AvgIpc) is 2.29. The molecule has 1 aliphatic heterocycles. The van der Waals surface area contributed by atoms with Gasteiger partial charge in [0.1, 0.15) is 0 Å². The molecule has 0 bridgehead atoms. The summed E-state index contributed by atoms with van der Waals surface area (Å²) in [6.45, 7) is 4.92. The summed E-state index contributed by atoms with van der Waals surface area (Å²) in [5.41, 5.74) is 0.923. The largest absolute Gasteiger partial charge is 0.494 e. The van der Waals surface area contributed by atoms with Crippen LogP contribution in [0.2, 0.25) is 0 Å². The Bertz CT molecular complexity index is 370. The third-order valence-corrected chi connectivity index (χ3v) is 2.97. The number of hydrogen-bond donors (Lipinski definition) is 1. The van der Waals surface area contributed by atoms with Crippen molar-refractivity contribution in [2.24, 2.45) is 0 Å². The zero-order chi connectivity index (χ0) is 11.5. The first kappa shape index (κ1) is 11.2. The van der Waals surface area contributed by atoms with Gasteiger partial charge in [-0.1, -0.05) is 0 Å². The molecule has 1 unspecified atom stereocenters. The minimum atomic E-state index is -0.300. The first-order chi connectivity index (χ1) is 7.72. The second-order valence-electron chi connectivity index (χ2n) is 4.07. The average molecular weight is 224 g/mol. The fourth-order valence-corrected chi connectivity index (χ4v) is 2.06. The van der Waals surface area contributed by atoms with E-state index in [2.05, 4.69) is 17.1 Å². The van der Waals surface area contributed by atoms with E-state index in [-0.39, 0.29) is 5.82 Å². The van der Waals surface area contributed by atoms with Gasteiger partial charge in [-0.25, -0.2) is 4.39 Å². The Morgan fingerprint density at radius 1 is 1.50 bits per heavy atom. The maximum atomic E-state index is 13.6. The Hall–Kier alpha value is -1.29. The smallest absolute Gasteiger partial charge is 0.167 e. The van der Waals surface area contributed by atoms with Crippen LogP contribution in [0.15, 0.2) is 18.2 Å². The lowest BCUT2D eigenvalue weighted by atomic mass is 10.1. The van der Waals surface area contributed by atoms with E-state index < -0.39 is 0 Å². The molecule has 16 heavy (non-hydrogen) atoms. The Balaban J connectivity index is 2.22. The lowest BCUT2D eigenvalue weighted by Crippen LogP contribution is -2.49. The number of benzene rings is 1. The van der Waals surface area contributed by atoms with E-state index in [4.69, 9.17) is 4.74 Å². The summed E-state index contributed by atoms with van der Waals surface area (Å²) in [4.78, 5) is 2.21. The Labute approximate surface area is 95.2 Å². The van der Waals surface area contributed by atoms with E-state index in [0.29, 0.717) is 11.8 Å². The summed E-state index contributed by atoms with van der Waals surface area (Å²) in [5.74, 6) is -0.00253. The highest BCUT2D eigenvalue weighted by Gasteiger charge is 2.19. The molecular weight excluding hydrogens is 207 g/mol. The third-order valence-electron chi connectivity index (χ3n) is 2.97. The SMILES string of the molecule is COc1ccc(N2CCNCC2C)cc1F. The van der Waals surface area contributed by atoms with Crippen LogP contribution in [0.4, 0.5) is 10.1 Å². The number of ether oxygens (including phenoxy) is 1. The molecule has 1 aromatic rings. The summed E-state index contributed by atoms with van der Waals surface area (Å²) in [5, 5.41) is 3.31. The molecule has 1 saturated heterocycles. The third kappa shape index (κ3) is 2.11. The first-order valence-corrected chi connectivity index (χ1v) is 5.53. The van der Waals surface area contributed by atoms with Crippen molar-refractivity contribution in [2.45, 2.75) is 13.0 Å². The topological polar surface area (TPSA) is 24.5 Å². The highest BCUT2D eigenvalue weighted by Crippen LogP contribution is 2.25. The first-order valence-electron chi connectivity index (χ1n) is 5.53. The van der Waals surface area contributed by atoms with E-state index in [1.54, 1.807) is 12.1 Å². The van der Waals surface area contributed by atoms with E-state index in [1.165, 1.54) is 7.11 Å². The molecular formula is C12H17FN2O. The van der Waals surface area contributed by atoms with Crippen LogP contribution in [0.3, 0.4) is 0 Å². The maximum Gasteiger partial charge on any atom is 0.167 e. The van der Waals surface area contributed by atoms with Gasteiger partial charge < -0.3 is 15.0 Å². The predicted molar refractivity (Wildman–Crippen MR) is 62.6 cm³/mol. The number of nitrogens with zero attached hydrogens (tertiary/aromatic N) is 1. The zero-order valence-electron chi connectivity index (χ0n) is 9.66. The standard InChI is InChI=1S/C12H17FN2O/c1-9-8-14-5-6-15(9)10-3-4-12(16-2)11(13)7-10/h3-4,7,9,14H,5-6,8H2,1-2H3. The molecule has 2 rings (SSSR count). The molecule has 0 radical (unpaired) electrons. The van der Waals surface area contributed by atoms with Crippen LogP contribution in [-0.2, 0) is 0 Å². The Morgan fingerprint density at radius 3 is 2.94 bits per heavy atom. The molecule has 1 aromatic carbocycles. The molecule has 0 spiro atoms. The molecule has 0 amide bonds. The van der Waals surface area contributed by atoms with Gasteiger partial charge in [-0.2, -0.15) is 0 Å². The van der Waals surface area contributed by atoms with Gasteiger partial charge in [0.05, 0.1) is 7.11 Å². The molecule has 4 heteroatoms. The minimum absolute atomic E-state index is 0.298. The molecule has 3 nitrogen and oxygen atoms in total. The molecule has 1 atom stereocenters. The highest BCUT2D eigenvalue weighted by atomic mass is 19.1. The molecule has 88 valence electrons. The van der Waals surface area contributed by atoms with Crippen LogP contribution in [-0.4, -0.2) is 32.8 Å². The number of hydrogen-bond acceptors (Lipinski definition) is 3. The normalized spacial score (nSPS) is 20.9. The van der Waals surface area contributed by atoms with Crippen LogP contribution in [0, 0.1) is 5.82 Å². The fourth-order valence-electron chi connectivity index (χ4n) is 2.06. The molecule has 0 saturated carbocycles. The second kappa shape index (κ2) is 4.70. The Kier molecular flexibility index (Phi) is 3.29. The van der Waals surface area contributed by atoms with E-state index >= 15 is 0 Å². The lowest BCUT2D eigenvalue weighted by molar-refractivity contribution is 0.386. The van der Waals surface area contributed by atoms with E-state index in [9.17, 15) is 4.39 Å². The highest BCUT2D eigenvalue weighted by molar-refractivity contribution is 5.51. The second-order valence-corrected chi connectivity index (χ2v) is 4.07. The molecule has 1 aliphatic rings. The van der Waals surface area contributed by atoms with Crippen LogP contribution >= 0.6 is 0 Å². The molecule has 1 N–H and O–H groups in total. The van der Waals surface area contributed by atoms with Crippen LogP contribution in [0.1, 0.15) is 6.92 Å². The van der Waals surface area contributed by atoms with Gasteiger partial charge >= 0.3 is 0 Å². The van der Waals surface area contributed by atoms with Crippen molar-refractivity contribution in [1.29, 1.82) is 0 Å². The monoisotopic (exact) mass is 224 g/mol. The van der Waals surface area contributed by atoms with Crippen molar-refractivity contribution >= 4 is 5.69 Å².